The van der Waals surface area contributed by atoms with Gasteiger partial charge in [0.2, 0.25) is 0 Å². The van der Waals surface area contributed by atoms with Crippen LogP contribution in [0.5, 0.6) is 0 Å². The zero-order chi connectivity index (χ0) is 26.2. The van der Waals surface area contributed by atoms with Gasteiger partial charge in [0.1, 0.15) is 0 Å². The van der Waals surface area contributed by atoms with E-state index in [1.807, 2.05) is 97.1 Å². The molecule has 4 heteroatoms. The molecule has 0 heterocycles. The van der Waals surface area contributed by atoms with Gasteiger partial charge < -0.3 is 5.32 Å². The van der Waals surface area contributed by atoms with E-state index in [1.54, 1.807) is 0 Å². The van der Waals surface area contributed by atoms with Crippen molar-refractivity contribution in [2.45, 2.75) is 19.1 Å². The van der Waals surface area contributed by atoms with E-state index in [4.69, 9.17) is 0 Å². The van der Waals surface area contributed by atoms with E-state index < -0.39 is 0 Å². The van der Waals surface area contributed by atoms with Crippen LogP contribution in [-0.2, 0) is 13.1 Å². The molecule has 0 bridgehead atoms. The maximum atomic E-state index is 13.2. The molecule has 0 saturated heterocycles. The maximum absolute atomic E-state index is 13.2. The summed E-state index contributed by atoms with van der Waals surface area (Å²) in [5.41, 5.74) is 4.92. The van der Waals surface area contributed by atoms with Crippen LogP contribution in [0.15, 0.2) is 127 Å². The van der Waals surface area contributed by atoms with Gasteiger partial charge >= 0.3 is 0 Å². The number of benzene rings is 5. The van der Waals surface area contributed by atoms with Crippen LogP contribution >= 0.6 is 0 Å². The Morgan fingerprint density at radius 1 is 0.711 bits per heavy atom. The Hall–Kier alpha value is -4.72. The summed E-state index contributed by atoms with van der Waals surface area (Å²) in [5.74, 6) is -0.126. The summed E-state index contributed by atoms with van der Waals surface area (Å²) in [6, 6.07) is 44.3. The van der Waals surface area contributed by atoms with Gasteiger partial charge in [0.15, 0.2) is 0 Å². The Bertz CT molecular complexity index is 1500. The predicted octanol–water partition coefficient (Wildman–Crippen LogP) is 6.88. The molecule has 38 heavy (non-hydrogen) atoms. The van der Waals surface area contributed by atoms with Gasteiger partial charge in [0, 0.05) is 18.7 Å². The third-order valence-electron chi connectivity index (χ3n) is 6.73. The summed E-state index contributed by atoms with van der Waals surface area (Å²) >= 11 is 0. The maximum Gasteiger partial charge on any atom is 0.252 e. The highest BCUT2D eigenvalue weighted by atomic mass is 16.1. The summed E-state index contributed by atoms with van der Waals surface area (Å²) in [7, 11) is 0. The summed E-state index contributed by atoms with van der Waals surface area (Å²) < 4.78 is 0. The van der Waals surface area contributed by atoms with Crippen molar-refractivity contribution in [1.82, 2.24) is 10.2 Å². The highest BCUT2D eigenvalue weighted by Gasteiger charge is 2.18. The van der Waals surface area contributed by atoms with Crippen molar-refractivity contribution >= 4 is 16.7 Å². The Balaban J connectivity index is 1.30. The molecule has 0 aliphatic heterocycles. The van der Waals surface area contributed by atoms with Crippen molar-refractivity contribution in [3.63, 3.8) is 0 Å². The van der Waals surface area contributed by atoms with Gasteiger partial charge in [-0.25, -0.2) is 0 Å². The average molecular weight is 496 g/mol. The van der Waals surface area contributed by atoms with E-state index in [0.717, 1.165) is 16.7 Å². The molecule has 0 fully saturated rings. The van der Waals surface area contributed by atoms with Crippen LogP contribution in [0, 0.1) is 11.3 Å². The summed E-state index contributed by atoms with van der Waals surface area (Å²) in [4.78, 5) is 15.4. The monoisotopic (exact) mass is 495 g/mol. The van der Waals surface area contributed by atoms with Gasteiger partial charge in [-0.3, -0.25) is 9.69 Å². The first-order chi connectivity index (χ1) is 18.7. The molecule has 0 radical (unpaired) electrons. The first-order valence-corrected chi connectivity index (χ1v) is 12.8. The zero-order valence-corrected chi connectivity index (χ0v) is 21.1. The van der Waals surface area contributed by atoms with Gasteiger partial charge in [-0.2, -0.15) is 5.26 Å². The lowest BCUT2D eigenvalue weighted by atomic mass is 9.98. The number of carbonyl (C=O) groups excluding carboxylic acids is 1. The van der Waals surface area contributed by atoms with Crippen molar-refractivity contribution < 1.29 is 4.79 Å². The number of fused-ring (bicyclic) bond motifs is 1. The quantitative estimate of drug-likeness (QED) is 0.227. The lowest BCUT2D eigenvalue weighted by Gasteiger charge is -2.21. The van der Waals surface area contributed by atoms with E-state index in [1.165, 1.54) is 16.3 Å². The number of hydrogen-bond donors (Lipinski definition) is 1. The SMILES string of the molecule is N#CCN(Cc1ccc(C(=O)NC(c2ccccc2)c2ccccc2)cc1)Cc1cccc2ccccc12. The highest BCUT2D eigenvalue weighted by molar-refractivity contribution is 5.94. The van der Waals surface area contributed by atoms with Gasteiger partial charge in [-0.1, -0.05) is 115 Å². The average Bonchev–Trinajstić information content (AvgIpc) is 2.97. The third-order valence-corrected chi connectivity index (χ3v) is 6.73. The fraction of sp³-hybridized carbons (Fsp3) is 0.118. The minimum atomic E-state index is -0.239. The second kappa shape index (κ2) is 12.0. The van der Waals surface area contributed by atoms with Crippen molar-refractivity contribution in [3.8, 4) is 6.07 Å². The van der Waals surface area contributed by atoms with E-state index in [0.29, 0.717) is 25.2 Å². The number of nitriles is 1. The zero-order valence-electron chi connectivity index (χ0n) is 21.1. The number of amides is 1. The van der Waals surface area contributed by atoms with Gasteiger partial charge in [-0.15, -0.1) is 0 Å². The molecule has 0 spiro atoms. The first kappa shape index (κ1) is 25.0. The Morgan fingerprint density at radius 3 is 1.97 bits per heavy atom. The van der Waals surface area contributed by atoms with E-state index in [9.17, 15) is 10.1 Å². The minimum absolute atomic E-state index is 0.126. The number of carbonyl (C=O) groups is 1. The van der Waals surface area contributed by atoms with Crippen LogP contribution in [0.2, 0.25) is 0 Å². The second-order valence-electron chi connectivity index (χ2n) is 9.37. The molecule has 0 unspecified atom stereocenters. The van der Waals surface area contributed by atoms with Crippen LogP contribution in [0.25, 0.3) is 10.8 Å². The van der Waals surface area contributed by atoms with Crippen LogP contribution < -0.4 is 5.32 Å². The van der Waals surface area contributed by atoms with E-state index in [2.05, 4.69) is 46.6 Å². The van der Waals surface area contributed by atoms with Gasteiger partial charge in [0.25, 0.3) is 5.91 Å². The molecule has 0 saturated carbocycles. The molecule has 0 aliphatic carbocycles. The van der Waals surface area contributed by atoms with Gasteiger partial charge in [-0.05, 0) is 45.2 Å². The number of hydrogen-bond acceptors (Lipinski definition) is 3. The molecule has 5 aromatic carbocycles. The molecule has 4 nitrogen and oxygen atoms in total. The van der Waals surface area contributed by atoms with Crippen LogP contribution in [0.3, 0.4) is 0 Å². The fourth-order valence-electron chi connectivity index (χ4n) is 4.82. The van der Waals surface area contributed by atoms with Crippen LogP contribution in [0.4, 0.5) is 0 Å². The molecule has 5 rings (SSSR count). The lowest BCUT2D eigenvalue weighted by Crippen LogP contribution is -2.29. The molecule has 1 N–H and O–H groups in total. The molecule has 0 aliphatic rings. The van der Waals surface area contributed by atoms with E-state index in [-0.39, 0.29) is 11.9 Å². The first-order valence-electron chi connectivity index (χ1n) is 12.8. The largest absolute Gasteiger partial charge is 0.341 e. The second-order valence-corrected chi connectivity index (χ2v) is 9.37. The summed E-state index contributed by atoms with van der Waals surface area (Å²) in [6.07, 6.45) is 0. The fourth-order valence-corrected chi connectivity index (χ4v) is 4.82. The Kier molecular flexibility index (Phi) is 7.89. The minimum Gasteiger partial charge on any atom is -0.341 e. The number of rotatable bonds is 9. The van der Waals surface area contributed by atoms with Crippen molar-refractivity contribution in [1.29, 1.82) is 5.26 Å². The topological polar surface area (TPSA) is 56.1 Å². The van der Waals surface area contributed by atoms with Crippen molar-refractivity contribution in [2.24, 2.45) is 0 Å². The predicted molar refractivity (Wildman–Crippen MR) is 152 cm³/mol. The van der Waals surface area contributed by atoms with Crippen LogP contribution in [-0.4, -0.2) is 17.4 Å². The standard InChI is InChI=1S/C34H29N3O/c35-22-23-37(25-31-16-9-15-27-10-7-8-17-32(27)31)24-26-18-20-30(21-19-26)34(38)36-33(28-11-3-1-4-12-28)29-13-5-2-6-14-29/h1-21,33H,23-25H2,(H,36,38). The molecular formula is C34H29N3O. The number of nitrogens with zero attached hydrogens (tertiary/aromatic N) is 2. The van der Waals surface area contributed by atoms with Crippen molar-refractivity contribution in [3.05, 3.63) is 155 Å². The van der Waals surface area contributed by atoms with Gasteiger partial charge in [0.05, 0.1) is 18.7 Å². The summed E-state index contributed by atoms with van der Waals surface area (Å²) in [5, 5.41) is 15.1. The molecule has 0 aromatic heterocycles. The molecule has 1 amide bonds. The summed E-state index contributed by atoms with van der Waals surface area (Å²) in [6.45, 7) is 1.61. The smallest absolute Gasteiger partial charge is 0.252 e. The molecular weight excluding hydrogens is 466 g/mol. The molecule has 186 valence electrons. The van der Waals surface area contributed by atoms with Crippen LogP contribution in [0.1, 0.15) is 38.7 Å². The molecule has 5 aromatic rings. The van der Waals surface area contributed by atoms with E-state index >= 15 is 0 Å². The molecule has 0 atom stereocenters. The third kappa shape index (κ3) is 5.98. The highest BCUT2D eigenvalue weighted by Crippen LogP contribution is 2.23. The van der Waals surface area contributed by atoms with Crippen molar-refractivity contribution in [2.75, 3.05) is 6.54 Å². The lowest BCUT2D eigenvalue weighted by molar-refractivity contribution is 0.0943. The Labute approximate surface area is 223 Å². The normalized spacial score (nSPS) is 11.0. The number of nitrogens with one attached hydrogen (secondary N) is 1. The Morgan fingerprint density at radius 2 is 1.32 bits per heavy atom.